The summed E-state index contributed by atoms with van der Waals surface area (Å²) in [6.45, 7) is -2.29. The number of methoxy groups -OCH3 is 4. The second-order valence-corrected chi connectivity index (χ2v) is 20.1. The van der Waals surface area contributed by atoms with Crippen molar-refractivity contribution in [2.24, 2.45) is 0 Å². The van der Waals surface area contributed by atoms with Gasteiger partial charge in [0.2, 0.25) is 37.0 Å². The van der Waals surface area contributed by atoms with Crippen LogP contribution in [0.1, 0.15) is 17.5 Å². The van der Waals surface area contributed by atoms with Crippen molar-refractivity contribution in [1.82, 2.24) is 0 Å². The number of carbonyl (C=O) groups is 3. The predicted molar refractivity (Wildman–Crippen MR) is 298 cm³/mol. The lowest BCUT2D eigenvalue weighted by Gasteiger charge is -2.40. The van der Waals surface area contributed by atoms with Gasteiger partial charge in [-0.25, -0.2) is 4.79 Å². The largest absolute Gasteiger partial charge is 0.510 e. The molecule has 0 bridgehead atoms. The first-order valence-corrected chi connectivity index (χ1v) is 26.9. The van der Waals surface area contributed by atoms with E-state index in [2.05, 4.69) is 0 Å². The van der Waals surface area contributed by atoms with Crippen molar-refractivity contribution in [3.8, 4) is 80.1 Å². The highest BCUT2D eigenvalue weighted by Gasteiger charge is 2.49. The molecule has 90 heavy (non-hydrogen) atoms. The summed E-state index contributed by atoms with van der Waals surface area (Å²) in [7, 11) is 5.21. The number of hydrogen-bond acceptors (Lipinski definition) is 30. The van der Waals surface area contributed by atoms with E-state index in [0.29, 0.717) is 11.1 Å². The van der Waals surface area contributed by atoms with Gasteiger partial charge in [0.1, 0.15) is 98.3 Å². The second kappa shape index (κ2) is 29.1. The molecule has 32 nitrogen and oxygen atoms in total. The number of aliphatic hydroxyl groups is 9. The van der Waals surface area contributed by atoms with E-state index in [0.717, 1.165) is 42.5 Å². The molecule has 14 N–H and O–H groups in total. The van der Waals surface area contributed by atoms with Gasteiger partial charge in [0, 0.05) is 23.8 Å². The fourth-order valence-electron chi connectivity index (χ4n) is 9.24. The minimum Gasteiger partial charge on any atom is -0.504 e. The minimum atomic E-state index is -2.12. The van der Waals surface area contributed by atoms with Crippen LogP contribution < -0.4 is 38.6 Å². The number of fused-ring (bicyclic) bond motifs is 1. The van der Waals surface area contributed by atoms with Crippen molar-refractivity contribution in [3.05, 3.63) is 94.2 Å². The topological polar surface area (TPSA) is 486 Å². The van der Waals surface area contributed by atoms with Crippen LogP contribution >= 0.6 is 0 Å². The molecule has 4 aliphatic heterocycles. The molecule has 8 rings (SSSR count). The van der Waals surface area contributed by atoms with E-state index in [4.69, 9.17) is 71.1 Å². The van der Waals surface area contributed by atoms with Crippen molar-refractivity contribution in [1.29, 1.82) is 0 Å². The number of phenols is 3. The van der Waals surface area contributed by atoms with Crippen LogP contribution in [0.2, 0.25) is 0 Å². The maximum Gasteiger partial charge on any atom is 0.510 e. The third kappa shape index (κ3) is 15.3. The molecule has 0 unspecified atom stereocenters. The molecule has 3 fully saturated rings. The van der Waals surface area contributed by atoms with E-state index in [1.54, 1.807) is 0 Å². The van der Waals surface area contributed by atoms with Gasteiger partial charge in [-0.05, 0) is 71.8 Å². The number of rotatable bonds is 23. The number of carboxylic acids is 1. The van der Waals surface area contributed by atoms with E-state index in [1.165, 1.54) is 70.9 Å². The maximum atomic E-state index is 14.0. The van der Waals surface area contributed by atoms with Crippen molar-refractivity contribution >= 4 is 36.0 Å². The third-order valence-electron chi connectivity index (χ3n) is 14.1. The molecule has 0 saturated carbocycles. The fraction of sp³-hybridized carbons (Fsp3) is 0.397. The highest BCUT2D eigenvalue weighted by molar-refractivity contribution is 5.90. The molecule has 3 saturated heterocycles. The summed E-state index contributed by atoms with van der Waals surface area (Å²) in [5, 5.41) is 139. The van der Waals surface area contributed by atoms with E-state index < -0.39 is 176 Å². The van der Waals surface area contributed by atoms with Crippen molar-refractivity contribution < 1.29 is 152 Å². The number of carbonyl (C=O) groups excluding carboxylic acids is 3. The monoisotopic (exact) mass is 1270 g/mol. The smallest absolute Gasteiger partial charge is 0.504 e. The fourth-order valence-corrected chi connectivity index (χ4v) is 9.24. The van der Waals surface area contributed by atoms with Gasteiger partial charge in [-0.2, -0.15) is 0 Å². The van der Waals surface area contributed by atoms with E-state index in [9.17, 15) is 85.3 Å². The standard InChI is InChI=1S/C58H62O32/c1-77-32-11-23(12-33(78-2)44(32)66)5-9-41(63)81-20-37-46(68)49(71)52(74)56(88-37)84-26-16-29(60)27-18-36(87-58-54(76)51(73)48(70)39(90-58)22-83-43(65)19-40(61)62)55(85-30(27)17-26)25-7-8-28(59)31(15-25)86-57-53(75)50(72)47(69)38(89-57)21-82-42(64)10-6-24-13-34(79-3)45(67)35(14-24)80-4/h5-18,37-39,46-54,56-59,66-76H,19-22H2,1-4H3,(H,61,62)/p+1/t37-,38-,39-,46-,47-,48-,49+,50+,51+,52-,53-,54-,56-,57-,58-/m1/s1. The molecule has 4 heterocycles. The zero-order valence-electron chi connectivity index (χ0n) is 47.7. The summed E-state index contributed by atoms with van der Waals surface area (Å²) >= 11 is 0. The number of aliphatic hydroxyl groups excluding tert-OH is 9. The molecule has 3 aromatic rings. The molecule has 0 spiro atoms. The summed E-state index contributed by atoms with van der Waals surface area (Å²) in [6.07, 6.45) is -25.1. The summed E-state index contributed by atoms with van der Waals surface area (Å²) < 4.78 is 77.2. The van der Waals surface area contributed by atoms with Crippen LogP contribution in [0.3, 0.4) is 0 Å². The molecule has 0 amide bonds. The Balaban J connectivity index is 1.06. The zero-order valence-corrected chi connectivity index (χ0v) is 47.7. The highest BCUT2D eigenvalue weighted by atomic mass is 16.7. The number of aliphatic carboxylic acids is 1. The molecular formula is C58H63O32+. The van der Waals surface area contributed by atoms with Crippen molar-refractivity contribution in [2.75, 3.05) is 48.3 Å². The lowest BCUT2D eigenvalue weighted by molar-refractivity contribution is -0.278. The Labute approximate surface area is 507 Å². The molecule has 1 aliphatic carbocycles. The predicted octanol–water partition coefficient (Wildman–Crippen LogP) is -1.37. The Morgan fingerprint density at radius 1 is 0.522 bits per heavy atom. The Bertz CT molecular complexity index is 3420. The number of ether oxygens (including phenoxy) is 13. The van der Waals surface area contributed by atoms with Gasteiger partial charge in [-0.1, -0.05) is 0 Å². The molecule has 0 aromatic heterocycles. The molecule has 3 aromatic carbocycles. The first-order chi connectivity index (χ1) is 42.8. The Morgan fingerprint density at radius 2 is 0.978 bits per heavy atom. The minimum absolute atomic E-state index is 0.0271. The van der Waals surface area contributed by atoms with Crippen LogP contribution in [0.5, 0.6) is 57.5 Å². The number of phenolic OH excluding ortho intramolecular Hbond substituents is 3. The van der Waals surface area contributed by atoms with Gasteiger partial charge in [0.25, 0.3) is 0 Å². The summed E-state index contributed by atoms with van der Waals surface area (Å²) in [5.74, 6) is -7.91. The number of aromatic hydroxyl groups is 3. The van der Waals surface area contributed by atoms with Gasteiger partial charge >= 0.3 is 23.9 Å². The molecule has 0 radical (unpaired) electrons. The average molecular weight is 1270 g/mol. The van der Waals surface area contributed by atoms with Crippen LogP contribution in [0, 0.1) is 0 Å². The van der Waals surface area contributed by atoms with Crippen molar-refractivity contribution in [2.45, 2.75) is 98.5 Å². The van der Waals surface area contributed by atoms with Gasteiger partial charge in [-0.3, -0.25) is 14.4 Å². The van der Waals surface area contributed by atoms with Crippen molar-refractivity contribution in [3.63, 3.8) is 0 Å². The Kier molecular flexibility index (Phi) is 21.6. The third-order valence-corrected chi connectivity index (χ3v) is 14.1. The molecular weight excluding hydrogens is 1210 g/mol. The van der Waals surface area contributed by atoms with E-state index in [1.807, 2.05) is 0 Å². The molecule has 5 aliphatic rings. The van der Waals surface area contributed by atoms with Crippen LogP contribution in [0.4, 0.5) is 0 Å². The second-order valence-electron chi connectivity index (χ2n) is 20.1. The molecule has 486 valence electrons. The molecule has 32 heteroatoms. The SMILES string of the molecule is COc1cc(C=CC(=O)OC[C@H]2O[C@@H](Oc3cc(-c4oc5cc(O[C@@H]6O[C@H](COC(=[OH+])C=Cc7cc(OC)c(O)c(OC)c7)[C@@H](O)[C@H](O)[C@H]6O)cc(=O)c-5cc4O[C@@H]4O[C@H](COC(=O)CC(=O)O)[C@@H](O)[C@H](O)[C@H]4O)ccc3O)[C@H](O)[C@@H](O)[C@@H]2O)cc(OC)c1O. The first-order valence-electron chi connectivity index (χ1n) is 26.9. The summed E-state index contributed by atoms with van der Waals surface area (Å²) in [5.41, 5.74) is -0.696. The summed E-state index contributed by atoms with van der Waals surface area (Å²) in [6, 6.07) is 11.9. The maximum absolute atomic E-state index is 14.0. The van der Waals surface area contributed by atoms with Crippen LogP contribution in [0.15, 0.2) is 82.0 Å². The average Bonchev–Trinajstić information content (AvgIpc) is 0.840. The van der Waals surface area contributed by atoms with Crippen LogP contribution in [-0.4, -0.2) is 235 Å². The normalized spacial score (nSPS) is 26.7. The lowest BCUT2D eigenvalue weighted by atomic mass is 9.99. The Hall–Kier alpha value is -9.03. The number of esters is 3. The van der Waals surface area contributed by atoms with Gasteiger partial charge in [-0.15, -0.1) is 0 Å². The molecule has 15 atom stereocenters. The van der Waals surface area contributed by atoms with E-state index >= 15 is 0 Å². The van der Waals surface area contributed by atoms with Gasteiger partial charge < -0.3 is 137 Å². The first kappa shape index (κ1) is 66.9. The van der Waals surface area contributed by atoms with Crippen LogP contribution in [0.25, 0.3) is 34.8 Å². The number of carboxylic acid groups (broad SMARTS) is 1. The Morgan fingerprint density at radius 3 is 1.47 bits per heavy atom. The number of hydrogen-bond donors (Lipinski definition) is 13. The lowest BCUT2D eigenvalue weighted by Crippen LogP contribution is -2.60. The highest BCUT2D eigenvalue weighted by Crippen LogP contribution is 2.44. The summed E-state index contributed by atoms with van der Waals surface area (Å²) in [4.78, 5) is 60.6. The number of benzene rings is 4. The van der Waals surface area contributed by atoms with Crippen LogP contribution in [-0.2, 0) is 42.8 Å². The van der Waals surface area contributed by atoms with Gasteiger partial charge in [0.15, 0.2) is 57.5 Å². The van der Waals surface area contributed by atoms with E-state index in [-0.39, 0.29) is 51.4 Å². The quantitative estimate of drug-likeness (QED) is 0.0118. The van der Waals surface area contributed by atoms with Gasteiger partial charge in [0.05, 0.1) is 40.1 Å². The zero-order chi connectivity index (χ0) is 65.4.